The second-order valence-corrected chi connectivity index (χ2v) is 4.68. The zero-order valence-corrected chi connectivity index (χ0v) is 11.9. The van der Waals surface area contributed by atoms with E-state index in [9.17, 15) is 31.1 Å². The van der Waals surface area contributed by atoms with E-state index in [0.717, 1.165) is 36.5 Å². The van der Waals surface area contributed by atoms with Crippen LogP contribution in [-0.2, 0) is 6.18 Å². The molecule has 1 heterocycles. The Morgan fingerprint density at radius 3 is 2.29 bits per heavy atom. The molecule has 0 unspecified atom stereocenters. The van der Waals surface area contributed by atoms with Gasteiger partial charge in [-0.15, -0.1) is 0 Å². The Morgan fingerprint density at radius 1 is 1.12 bits per heavy atom. The summed E-state index contributed by atoms with van der Waals surface area (Å²) >= 11 is 0. The van der Waals surface area contributed by atoms with Crippen molar-refractivity contribution in [2.45, 2.75) is 12.6 Å². The first kappa shape index (κ1) is 17.8. The molecular formula is C15H10F6N2O. The molecule has 0 saturated heterocycles. The lowest BCUT2D eigenvalue weighted by atomic mass is 10.1. The summed E-state index contributed by atoms with van der Waals surface area (Å²) in [6.07, 6.45) is -6.93. The number of rotatable bonds is 4. The lowest BCUT2D eigenvalue weighted by Crippen LogP contribution is -2.37. The molecule has 2 rings (SSSR count). The highest BCUT2D eigenvalue weighted by atomic mass is 19.4. The van der Waals surface area contributed by atoms with Gasteiger partial charge in [0.05, 0.1) is 12.1 Å². The third-order valence-corrected chi connectivity index (χ3v) is 3.02. The molecule has 0 saturated carbocycles. The van der Waals surface area contributed by atoms with E-state index in [-0.39, 0.29) is 5.69 Å². The van der Waals surface area contributed by atoms with Gasteiger partial charge in [-0.1, -0.05) is 0 Å². The molecule has 0 radical (unpaired) electrons. The van der Waals surface area contributed by atoms with Crippen molar-refractivity contribution in [1.29, 1.82) is 0 Å². The second kappa shape index (κ2) is 6.90. The van der Waals surface area contributed by atoms with Crippen molar-refractivity contribution in [2.75, 3.05) is 11.4 Å². The van der Waals surface area contributed by atoms with Gasteiger partial charge in [0.25, 0.3) is 12.3 Å². The van der Waals surface area contributed by atoms with Crippen LogP contribution in [0.3, 0.4) is 0 Å². The third-order valence-electron chi connectivity index (χ3n) is 3.02. The minimum absolute atomic E-state index is 0.166. The number of carbonyl (C=O) groups is 1. The minimum atomic E-state index is -4.88. The van der Waals surface area contributed by atoms with Crippen LogP contribution < -0.4 is 4.90 Å². The Bertz CT molecular complexity index is 715. The predicted octanol–water partition coefficient (Wildman–Crippen LogP) is 4.15. The quantitative estimate of drug-likeness (QED) is 0.778. The summed E-state index contributed by atoms with van der Waals surface area (Å²) in [4.78, 5) is 16.2. The first-order chi connectivity index (χ1) is 11.2. The summed E-state index contributed by atoms with van der Waals surface area (Å²) in [7, 11) is 0. The molecule has 1 aromatic carbocycles. The van der Waals surface area contributed by atoms with E-state index in [2.05, 4.69) is 4.98 Å². The van der Waals surface area contributed by atoms with Crippen LogP contribution in [0.5, 0.6) is 0 Å². The maximum atomic E-state index is 13.0. The molecule has 9 heteroatoms. The molecule has 0 N–H and O–H groups in total. The summed E-state index contributed by atoms with van der Waals surface area (Å²) in [5.74, 6) is -2.04. The maximum absolute atomic E-state index is 13.0. The van der Waals surface area contributed by atoms with Crippen LogP contribution in [0.2, 0.25) is 0 Å². The third kappa shape index (κ3) is 4.03. The number of anilines is 1. The van der Waals surface area contributed by atoms with Gasteiger partial charge in [0.1, 0.15) is 11.5 Å². The summed E-state index contributed by atoms with van der Waals surface area (Å²) in [5, 5.41) is 0. The van der Waals surface area contributed by atoms with Crippen LogP contribution in [0.15, 0.2) is 42.6 Å². The van der Waals surface area contributed by atoms with E-state index >= 15 is 0 Å². The molecule has 1 aromatic heterocycles. The average Bonchev–Trinajstić information content (AvgIpc) is 2.52. The van der Waals surface area contributed by atoms with Gasteiger partial charge in [0.15, 0.2) is 0 Å². The van der Waals surface area contributed by atoms with E-state index < -0.39 is 42.1 Å². The van der Waals surface area contributed by atoms with Gasteiger partial charge in [-0.2, -0.15) is 13.2 Å². The Hall–Kier alpha value is -2.58. The molecule has 24 heavy (non-hydrogen) atoms. The molecule has 1 amide bonds. The molecular weight excluding hydrogens is 338 g/mol. The lowest BCUT2D eigenvalue weighted by Gasteiger charge is -2.23. The standard InChI is InChI=1S/C15H10F6N2O/c16-9-3-5-10(6-4-9)23(8-12(17)18)14(24)13-11(15(19,20)21)2-1-7-22-13/h1-7,12H,8H2. The number of carbonyl (C=O) groups excluding carboxylic acids is 1. The Balaban J connectivity index is 2.48. The smallest absolute Gasteiger partial charge is 0.301 e. The number of alkyl halides is 5. The zero-order chi connectivity index (χ0) is 17.9. The van der Waals surface area contributed by atoms with E-state index in [0.29, 0.717) is 11.0 Å². The van der Waals surface area contributed by atoms with E-state index in [1.807, 2.05) is 0 Å². The summed E-state index contributed by atoms with van der Waals surface area (Å²) in [5.41, 5.74) is -2.51. The number of benzene rings is 1. The highest BCUT2D eigenvalue weighted by molar-refractivity contribution is 6.05. The van der Waals surface area contributed by atoms with Crippen molar-refractivity contribution in [3.8, 4) is 0 Å². The first-order valence-corrected chi connectivity index (χ1v) is 6.58. The number of nitrogens with zero attached hydrogens (tertiary/aromatic N) is 2. The van der Waals surface area contributed by atoms with Crippen LogP contribution in [0.1, 0.15) is 16.1 Å². The fraction of sp³-hybridized carbons (Fsp3) is 0.200. The molecule has 0 aliphatic heterocycles. The molecule has 0 aliphatic rings. The van der Waals surface area contributed by atoms with Crippen molar-refractivity contribution in [3.63, 3.8) is 0 Å². The van der Waals surface area contributed by atoms with E-state index in [1.165, 1.54) is 0 Å². The Kier molecular flexibility index (Phi) is 5.10. The van der Waals surface area contributed by atoms with Crippen molar-refractivity contribution in [2.24, 2.45) is 0 Å². The average molecular weight is 348 g/mol. The van der Waals surface area contributed by atoms with Crippen molar-refractivity contribution >= 4 is 11.6 Å². The summed E-state index contributed by atoms with van der Waals surface area (Å²) in [6.45, 7) is -1.15. The van der Waals surface area contributed by atoms with Crippen LogP contribution in [0.4, 0.5) is 32.0 Å². The molecule has 0 aliphatic carbocycles. The van der Waals surface area contributed by atoms with Crippen molar-refractivity contribution in [3.05, 3.63) is 59.7 Å². The van der Waals surface area contributed by atoms with Gasteiger partial charge < -0.3 is 4.90 Å². The molecule has 0 atom stereocenters. The number of hydrogen-bond acceptors (Lipinski definition) is 2. The van der Waals surface area contributed by atoms with Crippen molar-refractivity contribution in [1.82, 2.24) is 4.98 Å². The maximum Gasteiger partial charge on any atom is 0.418 e. The zero-order valence-electron chi connectivity index (χ0n) is 11.9. The Labute approximate surface area is 132 Å². The minimum Gasteiger partial charge on any atom is -0.301 e. The normalized spacial score (nSPS) is 11.6. The number of hydrogen-bond donors (Lipinski definition) is 0. The topological polar surface area (TPSA) is 33.2 Å². The van der Waals surface area contributed by atoms with Gasteiger partial charge in [-0.3, -0.25) is 9.78 Å². The monoisotopic (exact) mass is 348 g/mol. The molecule has 0 fully saturated rings. The summed E-state index contributed by atoms with van der Waals surface area (Å²) < 4.78 is 77.4. The predicted molar refractivity (Wildman–Crippen MR) is 73.3 cm³/mol. The van der Waals surface area contributed by atoms with Gasteiger partial charge >= 0.3 is 6.18 Å². The van der Waals surface area contributed by atoms with Crippen LogP contribution in [0.25, 0.3) is 0 Å². The van der Waals surface area contributed by atoms with E-state index in [1.54, 1.807) is 0 Å². The van der Waals surface area contributed by atoms with Crippen LogP contribution >= 0.6 is 0 Å². The van der Waals surface area contributed by atoms with Gasteiger partial charge in [0.2, 0.25) is 0 Å². The fourth-order valence-corrected chi connectivity index (χ4v) is 2.00. The first-order valence-electron chi connectivity index (χ1n) is 6.58. The molecule has 0 spiro atoms. The fourth-order valence-electron chi connectivity index (χ4n) is 2.00. The summed E-state index contributed by atoms with van der Waals surface area (Å²) in [6, 6.07) is 5.46. The molecule has 0 bridgehead atoms. The van der Waals surface area contributed by atoms with E-state index in [4.69, 9.17) is 0 Å². The molecule has 3 nitrogen and oxygen atoms in total. The molecule has 2 aromatic rings. The number of aromatic nitrogens is 1. The van der Waals surface area contributed by atoms with Gasteiger partial charge in [-0.25, -0.2) is 13.2 Å². The lowest BCUT2D eigenvalue weighted by molar-refractivity contribution is -0.138. The van der Waals surface area contributed by atoms with Crippen LogP contribution in [0, 0.1) is 5.82 Å². The number of pyridine rings is 1. The SMILES string of the molecule is O=C(c1ncccc1C(F)(F)F)N(CC(F)F)c1ccc(F)cc1. The Morgan fingerprint density at radius 2 is 1.75 bits per heavy atom. The number of amides is 1. The highest BCUT2D eigenvalue weighted by Crippen LogP contribution is 2.32. The van der Waals surface area contributed by atoms with Gasteiger partial charge in [-0.05, 0) is 36.4 Å². The largest absolute Gasteiger partial charge is 0.418 e. The number of halogens is 6. The van der Waals surface area contributed by atoms with Gasteiger partial charge in [0, 0.05) is 11.9 Å². The highest BCUT2D eigenvalue weighted by Gasteiger charge is 2.37. The van der Waals surface area contributed by atoms with Crippen LogP contribution in [-0.4, -0.2) is 23.9 Å². The second-order valence-electron chi connectivity index (χ2n) is 4.68. The van der Waals surface area contributed by atoms with Crippen molar-refractivity contribution < 1.29 is 31.1 Å². The molecule has 128 valence electrons.